The first-order valence-electron chi connectivity index (χ1n) is 17.6. The molecule has 3 heterocycles. The molecule has 0 saturated carbocycles. The Morgan fingerprint density at radius 1 is 0.490 bits per heavy atom. The van der Waals surface area contributed by atoms with Crippen molar-refractivity contribution < 1.29 is 0 Å². The highest BCUT2D eigenvalue weighted by atomic mass is 15.2. The van der Waals surface area contributed by atoms with Crippen LogP contribution in [0.1, 0.15) is 25.0 Å². The Hall–Kier alpha value is -6.52. The Morgan fingerprint density at radius 2 is 1.14 bits per heavy atom. The van der Waals surface area contributed by atoms with Gasteiger partial charge in [-0.3, -0.25) is 4.57 Å². The Bertz CT molecular complexity index is 3000. The van der Waals surface area contributed by atoms with Gasteiger partial charge in [0, 0.05) is 49.2 Å². The van der Waals surface area contributed by atoms with Gasteiger partial charge in [-0.15, -0.1) is 0 Å². The predicted octanol–water partition coefficient (Wildman–Crippen LogP) is 11.8. The van der Waals surface area contributed by atoms with Gasteiger partial charge in [0.2, 0.25) is 5.95 Å². The van der Waals surface area contributed by atoms with Crippen LogP contribution in [-0.2, 0) is 5.41 Å². The molecule has 4 nitrogen and oxygen atoms in total. The summed E-state index contributed by atoms with van der Waals surface area (Å²) in [5, 5.41) is 7.07. The Balaban J connectivity index is 1.28. The van der Waals surface area contributed by atoms with E-state index in [2.05, 4.69) is 181 Å². The fourth-order valence-corrected chi connectivity index (χ4v) is 8.85. The summed E-state index contributed by atoms with van der Waals surface area (Å²) < 4.78 is 4.75. The van der Waals surface area contributed by atoms with E-state index < -0.39 is 0 Å². The minimum Gasteiger partial charge on any atom is -0.309 e. The van der Waals surface area contributed by atoms with Crippen LogP contribution in [0.15, 0.2) is 158 Å². The first kappa shape index (κ1) is 28.3. The normalized spacial score (nSPS) is 13.5. The highest BCUT2D eigenvalue weighted by Crippen LogP contribution is 2.54. The second-order valence-corrected chi connectivity index (χ2v) is 14.2. The minimum atomic E-state index is -0.235. The maximum Gasteiger partial charge on any atom is 0.235 e. The molecule has 3 aromatic heterocycles. The summed E-state index contributed by atoms with van der Waals surface area (Å²) >= 11 is 0. The van der Waals surface area contributed by atoms with Crippen molar-refractivity contribution in [2.75, 3.05) is 0 Å². The summed E-state index contributed by atoms with van der Waals surface area (Å²) in [6, 6.07) is 56.7. The van der Waals surface area contributed by atoms with Gasteiger partial charge in [0.25, 0.3) is 0 Å². The molecule has 51 heavy (non-hydrogen) atoms. The van der Waals surface area contributed by atoms with E-state index in [9.17, 15) is 0 Å². The second-order valence-electron chi connectivity index (χ2n) is 14.2. The fourth-order valence-electron chi connectivity index (χ4n) is 8.85. The lowest BCUT2D eigenvalue weighted by molar-refractivity contribution is 0.666. The first-order valence-corrected chi connectivity index (χ1v) is 17.6. The Labute approximate surface area is 294 Å². The molecule has 10 aromatic rings. The topological polar surface area (TPSA) is 35.6 Å². The van der Waals surface area contributed by atoms with E-state index in [-0.39, 0.29) is 5.41 Å². The molecule has 240 valence electrons. The zero-order valence-electron chi connectivity index (χ0n) is 28.3. The highest BCUT2D eigenvalue weighted by Gasteiger charge is 2.41. The van der Waals surface area contributed by atoms with Crippen LogP contribution in [0, 0.1) is 0 Å². The van der Waals surface area contributed by atoms with Gasteiger partial charge in [0.1, 0.15) is 0 Å². The SMILES string of the molecule is CC1(C)c2ccccc2-c2c1c1cc(-n3c4ccccc4c4ccccc43)ccc1n2-c1nc(-c2ccccc2)c2ccc3ccccc3c2n1. The molecule has 0 unspecified atom stereocenters. The van der Waals surface area contributed by atoms with Crippen molar-refractivity contribution >= 4 is 54.4 Å². The van der Waals surface area contributed by atoms with E-state index in [4.69, 9.17) is 9.97 Å². The summed E-state index contributed by atoms with van der Waals surface area (Å²) in [6.45, 7) is 4.72. The average molecular weight is 653 g/mol. The molecule has 1 aliphatic carbocycles. The van der Waals surface area contributed by atoms with Crippen molar-refractivity contribution in [2.24, 2.45) is 0 Å². The molecular formula is C47H32N4. The van der Waals surface area contributed by atoms with Crippen molar-refractivity contribution in [1.82, 2.24) is 19.1 Å². The molecule has 0 atom stereocenters. The van der Waals surface area contributed by atoms with Gasteiger partial charge < -0.3 is 4.57 Å². The maximum atomic E-state index is 5.48. The molecule has 11 rings (SSSR count). The van der Waals surface area contributed by atoms with Gasteiger partial charge >= 0.3 is 0 Å². The summed E-state index contributed by atoms with van der Waals surface area (Å²) in [5.41, 5.74) is 12.4. The van der Waals surface area contributed by atoms with Crippen LogP contribution in [0.4, 0.5) is 0 Å². The first-order chi connectivity index (χ1) is 25.1. The third-order valence-electron chi connectivity index (χ3n) is 11.1. The maximum absolute atomic E-state index is 5.48. The van der Waals surface area contributed by atoms with Gasteiger partial charge in [0.15, 0.2) is 0 Å². The predicted molar refractivity (Wildman–Crippen MR) is 211 cm³/mol. The molecule has 1 aliphatic rings. The van der Waals surface area contributed by atoms with Crippen LogP contribution in [0.25, 0.3) is 88.5 Å². The van der Waals surface area contributed by atoms with Gasteiger partial charge in [0.05, 0.1) is 33.5 Å². The lowest BCUT2D eigenvalue weighted by Gasteiger charge is -2.21. The monoisotopic (exact) mass is 652 g/mol. The number of para-hydroxylation sites is 2. The van der Waals surface area contributed by atoms with E-state index in [0.717, 1.165) is 38.8 Å². The molecule has 0 bridgehead atoms. The van der Waals surface area contributed by atoms with Gasteiger partial charge in [-0.2, -0.15) is 0 Å². The smallest absolute Gasteiger partial charge is 0.235 e. The number of aromatic nitrogens is 4. The standard InChI is InChI=1S/C47H32N4/c1-47(2)38-21-11-8-20-35(38)45-42(47)37-28-31(50-39-22-12-9-18-33(39)34-19-10-13-23-40(34)50)25-27-41(37)51(45)46-48-43(30-15-4-3-5-16-30)36-26-24-29-14-6-7-17-32(29)44(36)49-46/h3-28H,1-2H3. The lowest BCUT2D eigenvalue weighted by atomic mass is 9.81. The number of rotatable bonds is 3. The van der Waals surface area contributed by atoms with E-state index in [0.29, 0.717) is 5.95 Å². The molecule has 0 spiro atoms. The van der Waals surface area contributed by atoms with Crippen LogP contribution < -0.4 is 0 Å². The van der Waals surface area contributed by atoms with E-state index in [1.165, 1.54) is 55.0 Å². The largest absolute Gasteiger partial charge is 0.309 e. The fraction of sp³-hybridized carbons (Fsp3) is 0.0638. The Kier molecular flexibility index (Phi) is 5.70. The molecule has 0 radical (unpaired) electrons. The number of hydrogen-bond acceptors (Lipinski definition) is 2. The number of benzene rings is 7. The van der Waals surface area contributed by atoms with Crippen molar-refractivity contribution in [3.05, 3.63) is 169 Å². The van der Waals surface area contributed by atoms with Crippen LogP contribution >= 0.6 is 0 Å². The second kappa shape index (κ2) is 10.3. The molecule has 0 N–H and O–H groups in total. The van der Waals surface area contributed by atoms with Crippen LogP contribution in [0.5, 0.6) is 0 Å². The summed E-state index contributed by atoms with van der Waals surface area (Å²) in [4.78, 5) is 11.0. The number of nitrogens with zero attached hydrogens (tertiary/aromatic N) is 4. The minimum absolute atomic E-state index is 0.235. The zero-order chi connectivity index (χ0) is 33.8. The molecule has 0 fully saturated rings. The van der Waals surface area contributed by atoms with Crippen LogP contribution in [-0.4, -0.2) is 19.1 Å². The van der Waals surface area contributed by atoms with Crippen LogP contribution in [0.2, 0.25) is 0 Å². The van der Waals surface area contributed by atoms with Gasteiger partial charge in [-0.25, -0.2) is 9.97 Å². The van der Waals surface area contributed by atoms with E-state index >= 15 is 0 Å². The van der Waals surface area contributed by atoms with Crippen molar-refractivity contribution in [3.8, 4) is 34.2 Å². The zero-order valence-corrected chi connectivity index (χ0v) is 28.3. The lowest BCUT2D eigenvalue weighted by Crippen LogP contribution is -2.14. The third kappa shape index (κ3) is 3.85. The molecule has 7 aromatic carbocycles. The van der Waals surface area contributed by atoms with E-state index in [1.54, 1.807) is 0 Å². The van der Waals surface area contributed by atoms with Gasteiger partial charge in [-0.05, 0) is 52.9 Å². The van der Waals surface area contributed by atoms with E-state index in [1.807, 2.05) is 0 Å². The van der Waals surface area contributed by atoms with Crippen molar-refractivity contribution in [3.63, 3.8) is 0 Å². The molecule has 0 aliphatic heterocycles. The summed E-state index contributed by atoms with van der Waals surface area (Å²) in [5.74, 6) is 0.682. The van der Waals surface area contributed by atoms with Crippen molar-refractivity contribution in [2.45, 2.75) is 19.3 Å². The molecule has 4 heteroatoms. The number of fused-ring (bicyclic) bond motifs is 11. The average Bonchev–Trinajstić information content (AvgIpc) is 3.78. The molecular weight excluding hydrogens is 621 g/mol. The van der Waals surface area contributed by atoms with Crippen LogP contribution in [0.3, 0.4) is 0 Å². The highest BCUT2D eigenvalue weighted by molar-refractivity contribution is 6.11. The number of hydrogen-bond donors (Lipinski definition) is 0. The summed E-state index contributed by atoms with van der Waals surface area (Å²) in [6.07, 6.45) is 0. The van der Waals surface area contributed by atoms with Crippen molar-refractivity contribution in [1.29, 1.82) is 0 Å². The Morgan fingerprint density at radius 3 is 1.92 bits per heavy atom. The van der Waals surface area contributed by atoms with Gasteiger partial charge in [-0.1, -0.05) is 135 Å². The molecule has 0 amide bonds. The quantitative estimate of drug-likeness (QED) is 0.178. The third-order valence-corrected chi connectivity index (χ3v) is 11.1. The molecule has 0 saturated heterocycles. The summed E-state index contributed by atoms with van der Waals surface area (Å²) in [7, 11) is 0.